The summed E-state index contributed by atoms with van der Waals surface area (Å²) in [5, 5.41) is 14.6. The van der Waals surface area contributed by atoms with Crippen molar-refractivity contribution in [3.8, 4) is 5.75 Å². The average molecular weight is 587 g/mol. The van der Waals surface area contributed by atoms with E-state index in [9.17, 15) is 14.7 Å². The molecule has 0 saturated heterocycles. The molecule has 5 nitrogen and oxygen atoms in total. The van der Waals surface area contributed by atoms with Crippen molar-refractivity contribution in [2.24, 2.45) is 0 Å². The Kier molecular flexibility index (Phi) is 26.3. The Morgan fingerprint density at radius 1 is 0.476 bits per heavy atom. The summed E-state index contributed by atoms with van der Waals surface area (Å²) in [7, 11) is 0. The number of carbonyl (C=O) groups is 2. The second kappa shape index (κ2) is 29.1. The van der Waals surface area contributed by atoms with Crippen LogP contribution >= 0.6 is 0 Å². The zero-order chi connectivity index (χ0) is 30.4. The van der Waals surface area contributed by atoms with Gasteiger partial charge in [0.15, 0.2) is 0 Å². The van der Waals surface area contributed by atoms with E-state index in [0.717, 1.165) is 18.4 Å². The number of aromatic hydroxyl groups is 1. The summed E-state index contributed by atoms with van der Waals surface area (Å²) in [6, 6.07) is 6.56. The third-order valence-electron chi connectivity index (χ3n) is 8.41. The monoisotopic (exact) mass is 587 g/mol. The van der Waals surface area contributed by atoms with E-state index in [1.54, 1.807) is 24.3 Å². The molecular formula is C37H66N2O3. The highest BCUT2D eigenvalue weighted by molar-refractivity contribution is 6.35. The Bertz CT molecular complexity index is 750. The first-order valence-corrected chi connectivity index (χ1v) is 18.0. The van der Waals surface area contributed by atoms with Crippen molar-refractivity contribution in [1.82, 2.24) is 10.6 Å². The maximum atomic E-state index is 11.9. The van der Waals surface area contributed by atoms with E-state index in [4.69, 9.17) is 0 Å². The number of carbonyl (C=O) groups excluding carboxylic acids is 2. The first-order chi connectivity index (χ1) is 20.6. The Morgan fingerprint density at radius 3 is 1.14 bits per heavy atom. The number of benzene rings is 1. The highest BCUT2D eigenvalue weighted by Crippen LogP contribution is 2.16. The summed E-state index contributed by atoms with van der Waals surface area (Å²) in [6.45, 7) is 3.11. The first kappa shape index (κ1) is 38.0. The fraction of sp³-hybridized carbons (Fsp3) is 0.784. The third-order valence-corrected chi connectivity index (χ3v) is 8.41. The summed E-state index contributed by atoms with van der Waals surface area (Å²) in [6.07, 6.45) is 35.8. The molecule has 42 heavy (non-hydrogen) atoms. The molecule has 0 spiro atoms. The van der Waals surface area contributed by atoms with Crippen molar-refractivity contribution in [2.75, 3.05) is 6.54 Å². The van der Waals surface area contributed by atoms with Crippen molar-refractivity contribution in [1.29, 1.82) is 0 Å². The van der Waals surface area contributed by atoms with Gasteiger partial charge < -0.3 is 15.7 Å². The normalized spacial score (nSPS) is 11.1. The maximum absolute atomic E-state index is 11.9. The van der Waals surface area contributed by atoms with Crippen molar-refractivity contribution >= 4 is 11.8 Å². The summed E-state index contributed by atoms with van der Waals surface area (Å²) in [5.41, 5.74) is 0.837. The lowest BCUT2D eigenvalue weighted by Crippen LogP contribution is -2.39. The molecule has 0 bridgehead atoms. The van der Waals surface area contributed by atoms with E-state index < -0.39 is 11.8 Å². The summed E-state index contributed by atoms with van der Waals surface area (Å²) < 4.78 is 0. The number of phenols is 1. The van der Waals surface area contributed by atoms with Crippen LogP contribution in [0.15, 0.2) is 24.3 Å². The number of amides is 2. The SMILES string of the molecule is CCCCCCCCCCCCCCCCCCCCCCCCCCCCNC(=O)C(=O)NCc1ccc(O)cc1. The second-order valence-electron chi connectivity index (χ2n) is 12.4. The van der Waals surface area contributed by atoms with Gasteiger partial charge in [-0.25, -0.2) is 0 Å². The van der Waals surface area contributed by atoms with Crippen LogP contribution in [0.25, 0.3) is 0 Å². The predicted octanol–water partition coefficient (Wildman–Crippen LogP) is 10.3. The smallest absolute Gasteiger partial charge is 0.309 e. The van der Waals surface area contributed by atoms with Crippen molar-refractivity contribution < 1.29 is 14.7 Å². The van der Waals surface area contributed by atoms with Crippen LogP contribution in [0.5, 0.6) is 5.75 Å². The summed E-state index contributed by atoms with van der Waals surface area (Å²) >= 11 is 0. The number of rotatable bonds is 29. The van der Waals surface area contributed by atoms with Gasteiger partial charge in [-0.2, -0.15) is 0 Å². The number of nitrogens with one attached hydrogen (secondary N) is 2. The molecule has 3 N–H and O–H groups in total. The van der Waals surface area contributed by atoms with Crippen molar-refractivity contribution in [3.05, 3.63) is 29.8 Å². The molecule has 1 aromatic carbocycles. The highest BCUT2D eigenvalue weighted by atomic mass is 16.3. The number of phenolic OH excluding ortho intramolecular Hbond substituents is 1. The Morgan fingerprint density at radius 2 is 0.786 bits per heavy atom. The maximum Gasteiger partial charge on any atom is 0.309 e. The van der Waals surface area contributed by atoms with Gasteiger partial charge in [-0.05, 0) is 24.1 Å². The van der Waals surface area contributed by atoms with Gasteiger partial charge >= 0.3 is 11.8 Å². The van der Waals surface area contributed by atoms with E-state index in [2.05, 4.69) is 17.6 Å². The van der Waals surface area contributed by atoms with Crippen LogP contribution in [0.3, 0.4) is 0 Å². The lowest BCUT2D eigenvalue weighted by atomic mass is 10.0. The molecule has 1 rings (SSSR count). The van der Waals surface area contributed by atoms with Crippen LogP contribution in [-0.2, 0) is 16.1 Å². The van der Waals surface area contributed by atoms with Crippen LogP contribution < -0.4 is 10.6 Å². The van der Waals surface area contributed by atoms with E-state index in [0.29, 0.717) is 6.54 Å². The minimum Gasteiger partial charge on any atom is -0.508 e. The van der Waals surface area contributed by atoms with E-state index in [1.165, 1.54) is 154 Å². The lowest BCUT2D eigenvalue weighted by molar-refractivity contribution is -0.139. The fourth-order valence-corrected chi connectivity index (χ4v) is 5.60. The zero-order valence-corrected chi connectivity index (χ0v) is 27.4. The lowest BCUT2D eigenvalue weighted by Gasteiger charge is -2.07. The molecule has 0 heterocycles. The largest absolute Gasteiger partial charge is 0.508 e. The third kappa shape index (κ3) is 24.5. The van der Waals surface area contributed by atoms with Gasteiger partial charge in [0.1, 0.15) is 5.75 Å². The number of unbranched alkanes of at least 4 members (excludes halogenated alkanes) is 25. The molecule has 0 radical (unpaired) electrons. The van der Waals surface area contributed by atoms with Crippen LogP contribution in [0.2, 0.25) is 0 Å². The van der Waals surface area contributed by atoms with Gasteiger partial charge in [0, 0.05) is 13.1 Å². The molecule has 0 aromatic heterocycles. The van der Waals surface area contributed by atoms with E-state index in [1.807, 2.05) is 0 Å². The van der Waals surface area contributed by atoms with Gasteiger partial charge in [-0.1, -0.05) is 180 Å². The topological polar surface area (TPSA) is 78.4 Å². The Balaban J connectivity index is 1.72. The van der Waals surface area contributed by atoms with Gasteiger partial charge in [0.25, 0.3) is 0 Å². The van der Waals surface area contributed by atoms with E-state index >= 15 is 0 Å². The molecule has 0 atom stereocenters. The zero-order valence-electron chi connectivity index (χ0n) is 27.4. The Labute approximate surface area is 259 Å². The average Bonchev–Trinajstić information content (AvgIpc) is 3.00. The first-order valence-electron chi connectivity index (χ1n) is 18.0. The number of hydrogen-bond donors (Lipinski definition) is 3. The Hall–Kier alpha value is -2.04. The molecular weight excluding hydrogens is 520 g/mol. The molecule has 0 aliphatic carbocycles. The number of hydrogen-bond acceptors (Lipinski definition) is 3. The van der Waals surface area contributed by atoms with Gasteiger partial charge in [0.2, 0.25) is 0 Å². The molecule has 0 unspecified atom stereocenters. The molecule has 2 amide bonds. The summed E-state index contributed by atoms with van der Waals surface area (Å²) in [5.74, 6) is -1.01. The molecule has 0 aliphatic heterocycles. The van der Waals surface area contributed by atoms with Crippen LogP contribution in [0.4, 0.5) is 0 Å². The minimum atomic E-state index is -0.613. The molecule has 0 fully saturated rings. The van der Waals surface area contributed by atoms with Gasteiger partial charge in [-0.3, -0.25) is 9.59 Å². The van der Waals surface area contributed by atoms with Crippen molar-refractivity contribution in [3.63, 3.8) is 0 Å². The molecule has 1 aromatic rings. The quantitative estimate of drug-likeness (QED) is 0.0645. The predicted molar refractivity (Wildman–Crippen MR) is 179 cm³/mol. The van der Waals surface area contributed by atoms with Crippen LogP contribution in [-0.4, -0.2) is 23.5 Å². The molecule has 0 aliphatic rings. The van der Waals surface area contributed by atoms with Gasteiger partial charge in [-0.15, -0.1) is 0 Å². The van der Waals surface area contributed by atoms with Crippen molar-refractivity contribution in [2.45, 2.75) is 180 Å². The van der Waals surface area contributed by atoms with Gasteiger partial charge in [0.05, 0.1) is 0 Å². The highest BCUT2D eigenvalue weighted by Gasteiger charge is 2.12. The fourth-order valence-electron chi connectivity index (χ4n) is 5.60. The molecule has 0 saturated carbocycles. The van der Waals surface area contributed by atoms with Crippen LogP contribution in [0, 0.1) is 0 Å². The summed E-state index contributed by atoms with van der Waals surface area (Å²) in [4.78, 5) is 23.8. The van der Waals surface area contributed by atoms with Crippen LogP contribution in [0.1, 0.15) is 179 Å². The minimum absolute atomic E-state index is 0.179. The molecule has 242 valence electrons. The molecule has 5 heteroatoms. The van der Waals surface area contributed by atoms with E-state index in [-0.39, 0.29) is 12.3 Å². The second-order valence-corrected chi connectivity index (χ2v) is 12.4. The standard InChI is InChI=1S/C37H66N2O3/c1-2-3-4-5-6-7-8-9-10-11-12-13-14-15-16-17-18-19-20-21-22-23-24-25-26-27-32-38-36(41)37(42)39-33-34-28-30-35(40)31-29-34/h28-31,40H,2-27,32-33H2,1H3,(H,38,41)(H,39,42).